The Morgan fingerprint density at radius 2 is 1.64 bits per heavy atom. The summed E-state index contributed by atoms with van der Waals surface area (Å²) in [5.74, 6) is 0.0235. The second-order valence-electron chi connectivity index (χ2n) is 8.05. The Morgan fingerprint density at radius 3 is 2.33 bits per heavy atom. The van der Waals surface area contributed by atoms with Crippen molar-refractivity contribution in [2.75, 3.05) is 5.32 Å². The minimum atomic E-state index is -0.599. The second-order valence-corrected chi connectivity index (χ2v) is 8.05. The summed E-state index contributed by atoms with van der Waals surface area (Å²) in [6, 6.07) is 26.4. The van der Waals surface area contributed by atoms with E-state index in [9.17, 15) is 9.59 Å². The number of fused-ring (bicyclic) bond motifs is 1. The number of rotatable bonds is 5. The van der Waals surface area contributed by atoms with Crippen LogP contribution in [-0.2, 0) is 11.3 Å². The molecule has 1 fully saturated rings. The molecule has 0 saturated heterocycles. The number of benzene rings is 3. The smallest absolute Gasteiger partial charge is 0.419 e. The molecule has 0 bridgehead atoms. The van der Waals surface area contributed by atoms with Crippen LogP contribution >= 0.6 is 12.4 Å². The lowest BCUT2D eigenvalue weighted by Crippen LogP contribution is -2.22. The molecule has 0 spiro atoms. The van der Waals surface area contributed by atoms with Gasteiger partial charge in [0.1, 0.15) is 12.3 Å². The van der Waals surface area contributed by atoms with Crippen molar-refractivity contribution in [3.63, 3.8) is 0 Å². The molecule has 3 aromatic carbocycles. The zero-order valence-corrected chi connectivity index (χ0v) is 18.6. The first kappa shape index (κ1) is 22.6. The molecule has 1 heterocycles. The first-order chi connectivity index (χ1) is 15.6. The van der Waals surface area contributed by atoms with Crippen molar-refractivity contribution in [1.29, 1.82) is 0 Å². The van der Waals surface area contributed by atoms with Gasteiger partial charge in [-0.3, -0.25) is 4.79 Å². The Balaban J connectivity index is 0.00000259. The molecule has 1 aliphatic rings. The van der Waals surface area contributed by atoms with Crippen molar-refractivity contribution < 1.29 is 14.3 Å². The number of amides is 1. The molecule has 6 nitrogen and oxygen atoms in total. The van der Waals surface area contributed by atoms with Crippen LogP contribution in [0.15, 0.2) is 84.9 Å². The molecule has 33 heavy (non-hydrogen) atoms. The highest BCUT2D eigenvalue weighted by Gasteiger charge is 2.34. The van der Waals surface area contributed by atoms with E-state index in [1.807, 2.05) is 72.8 Å². The van der Waals surface area contributed by atoms with E-state index in [0.29, 0.717) is 17.1 Å². The first-order valence-corrected chi connectivity index (χ1v) is 10.6. The van der Waals surface area contributed by atoms with E-state index in [1.165, 1.54) is 10.1 Å². The van der Waals surface area contributed by atoms with Crippen molar-refractivity contribution in [3.05, 3.63) is 102 Å². The van der Waals surface area contributed by atoms with Crippen LogP contribution in [0.3, 0.4) is 0 Å². The van der Waals surface area contributed by atoms with E-state index < -0.39 is 6.09 Å². The van der Waals surface area contributed by atoms with Gasteiger partial charge in [0, 0.05) is 23.0 Å². The van der Waals surface area contributed by atoms with Crippen LogP contribution in [0.5, 0.6) is 0 Å². The number of carbonyl (C=O) groups excluding carboxylic acids is 2. The lowest BCUT2D eigenvalue weighted by molar-refractivity contribution is 0.101. The molecule has 0 unspecified atom stereocenters. The zero-order chi connectivity index (χ0) is 22.1. The summed E-state index contributed by atoms with van der Waals surface area (Å²) in [7, 11) is 0. The Morgan fingerprint density at radius 1 is 0.970 bits per heavy atom. The molecule has 0 aliphatic heterocycles. The molecule has 1 saturated carbocycles. The zero-order valence-electron chi connectivity index (χ0n) is 17.8. The number of aromatic nitrogens is 1. The van der Waals surface area contributed by atoms with Crippen molar-refractivity contribution in [3.8, 4) is 0 Å². The van der Waals surface area contributed by atoms with Gasteiger partial charge in [0.25, 0.3) is 5.91 Å². The SMILES string of the molecule is Cl.N[C@@H]1C[C@H]1c1ccc(NC(=O)c2cc3ccccc3n2C(=O)OCc2ccccc2)cc1. The molecule has 1 amide bonds. The summed E-state index contributed by atoms with van der Waals surface area (Å²) in [6.45, 7) is 0.123. The molecule has 5 rings (SSSR count). The summed E-state index contributed by atoms with van der Waals surface area (Å²) < 4.78 is 6.84. The van der Waals surface area contributed by atoms with E-state index >= 15 is 0 Å². The maximum Gasteiger partial charge on any atom is 0.419 e. The van der Waals surface area contributed by atoms with Gasteiger partial charge in [-0.15, -0.1) is 12.4 Å². The van der Waals surface area contributed by atoms with Crippen LogP contribution in [0.2, 0.25) is 0 Å². The molecule has 0 radical (unpaired) electrons. The fourth-order valence-corrected chi connectivity index (χ4v) is 3.91. The minimum absolute atomic E-state index is 0. The molecule has 2 atom stereocenters. The third-order valence-corrected chi connectivity index (χ3v) is 5.77. The van der Waals surface area contributed by atoms with Crippen LogP contribution in [0.1, 0.15) is 34.0 Å². The fraction of sp³-hybridized carbons (Fsp3) is 0.154. The number of ether oxygens (including phenoxy) is 1. The number of para-hydroxylation sites is 1. The number of anilines is 1. The average molecular weight is 462 g/mol. The Bertz CT molecular complexity index is 1290. The van der Waals surface area contributed by atoms with E-state index in [-0.39, 0.29) is 36.7 Å². The van der Waals surface area contributed by atoms with Crippen LogP contribution in [0, 0.1) is 0 Å². The Labute approximate surface area is 197 Å². The van der Waals surface area contributed by atoms with Crippen LogP contribution in [-0.4, -0.2) is 22.6 Å². The third-order valence-electron chi connectivity index (χ3n) is 5.77. The van der Waals surface area contributed by atoms with Gasteiger partial charge in [-0.25, -0.2) is 9.36 Å². The standard InChI is InChI=1S/C26H23N3O3.ClH/c27-22-15-21(22)18-10-12-20(13-11-18)28-25(30)24-14-19-8-4-5-9-23(19)29(24)26(31)32-16-17-6-2-1-3-7-17;/h1-14,21-22H,15-16,27H2,(H,28,30);1H/t21-,22+;/m0./s1. The maximum absolute atomic E-state index is 13.1. The lowest BCUT2D eigenvalue weighted by Gasteiger charge is -2.11. The maximum atomic E-state index is 13.1. The largest absolute Gasteiger partial charge is 0.444 e. The van der Waals surface area contributed by atoms with Crippen molar-refractivity contribution in [2.45, 2.75) is 25.0 Å². The number of carbonyl (C=O) groups is 2. The van der Waals surface area contributed by atoms with Crippen molar-refractivity contribution >= 4 is 41.0 Å². The van der Waals surface area contributed by atoms with Crippen LogP contribution in [0.4, 0.5) is 10.5 Å². The third kappa shape index (κ3) is 4.77. The van der Waals surface area contributed by atoms with Gasteiger partial charge in [0.2, 0.25) is 0 Å². The van der Waals surface area contributed by atoms with E-state index in [4.69, 9.17) is 10.5 Å². The minimum Gasteiger partial charge on any atom is -0.444 e. The van der Waals surface area contributed by atoms with E-state index in [1.54, 1.807) is 12.1 Å². The van der Waals surface area contributed by atoms with E-state index in [0.717, 1.165) is 17.4 Å². The van der Waals surface area contributed by atoms with Gasteiger partial charge in [-0.2, -0.15) is 0 Å². The quantitative estimate of drug-likeness (QED) is 0.421. The van der Waals surface area contributed by atoms with Crippen LogP contribution in [0.25, 0.3) is 10.9 Å². The number of hydrogen-bond donors (Lipinski definition) is 2. The van der Waals surface area contributed by atoms with Crippen molar-refractivity contribution in [1.82, 2.24) is 4.57 Å². The molecular formula is C26H24ClN3O3. The summed E-state index contributed by atoms with van der Waals surface area (Å²) in [5.41, 5.74) is 9.46. The topological polar surface area (TPSA) is 86.4 Å². The summed E-state index contributed by atoms with van der Waals surface area (Å²) in [5, 5.41) is 3.67. The second kappa shape index (κ2) is 9.48. The molecule has 3 N–H and O–H groups in total. The molecule has 168 valence electrons. The highest BCUT2D eigenvalue weighted by Crippen LogP contribution is 2.39. The van der Waals surface area contributed by atoms with Gasteiger partial charge in [0.15, 0.2) is 0 Å². The van der Waals surface area contributed by atoms with Gasteiger partial charge in [-0.05, 0) is 41.8 Å². The fourth-order valence-electron chi connectivity index (χ4n) is 3.91. The number of halogens is 1. The summed E-state index contributed by atoms with van der Waals surface area (Å²) in [4.78, 5) is 26.1. The molecule has 1 aliphatic carbocycles. The Kier molecular flexibility index (Phi) is 6.49. The van der Waals surface area contributed by atoms with Gasteiger partial charge in [-0.1, -0.05) is 60.7 Å². The average Bonchev–Trinajstić information content (AvgIpc) is 3.42. The normalized spacial score (nSPS) is 16.6. The monoisotopic (exact) mass is 461 g/mol. The van der Waals surface area contributed by atoms with Gasteiger partial charge in [0.05, 0.1) is 5.52 Å². The molecule has 1 aromatic heterocycles. The Hall–Kier alpha value is -3.61. The summed E-state index contributed by atoms with van der Waals surface area (Å²) in [6.07, 6.45) is 0.398. The number of nitrogens with one attached hydrogen (secondary N) is 1. The molecular weight excluding hydrogens is 438 g/mol. The summed E-state index contributed by atoms with van der Waals surface area (Å²) >= 11 is 0. The first-order valence-electron chi connectivity index (χ1n) is 10.6. The highest BCUT2D eigenvalue weighted by atomic mass is 35.5. The number of hydrogen-bond acceptors (Lipinski definition) is 4. The predicted molar refractivity (Wildman–Crippen MR) is 131 cm³/mol. The number of nitrogens with zero attached hydrogens (tertiary/aromatic N) is 1. The lowest BCUT2D eigenvalue weighted by atomic mass is 10.1. The van der Waals surface area contributed by atoms with Gasteiger partial charge < -0.3 is 15.8 Å². The van der Waals surface area contributed by atoms with Gasteiger partial charge >= 0.3 is 6.09 Å². The van der Waals surface area contributed by atoms with Crippen LogP contribution < -0.4 is 11.1 Å². The predicted octanol–water partition coefficient (Wildman–Crippen LogP) is 5.31. The molecule has 4 aromatic rings. The number of nitrogens with two attached hydrogens (primary N) is 1. The van der Waals surface area contributed by atoms with E-state index in [2.05, 4.69) is 5.32 Å². The highest BCUT2D eigenvalue weighted by molar-refractivity contribution is 6.09. The molecule has 7 heteroatoms. The van der Waals surface area contributed by atoms with Crippen molar-refractivity contribution in [2.24, 2.45) is 5.73 Å².